The van der Waals surface area contributed by atoms with Gasteiger partial charge >= 0.3 is 12.1 Å². The van der Waals surface area contributed by atoms with E-state index in [-0.39, 0.29) is 12.3 Å². The molecule has 1 aromatic rings. The number of carbonyl (C=O) groups is 3. The summed E-state index contributed by atoms with van der Waals surface area (Å²) in [6.45, 7) is 8.50. The third-order valence-electron chi connectivity index (χ3n) is 2.99. The lowest BCUT2D eigenvalue weighted by Gasteiger charge is -2.21. The Kier molecular flexibility index (Phi) is 7.83. The van der Waals surface area contributed by atoms with Gasteiger partial charge in [-0.25, -0.2) is 9.59 Å². The van der Waals surface area contributed by atoms with Crippen LogP contribution in [0.3, 0.4) is 0 Å². The van der Waals surface area contributed by atoms with Gasteiger partial charge in [0.15, 0.2) is 0 Å². The predicted octanol–water partition coefficient (Wildman–Crippen LogP) is 2.62. The van der Waals surface area contributed by atoms with Crippen LogP contribution in [-0.4, -0.2) is 36.2 Å². The van der Waals surface area contributed by atoms with Crippen LogP contribution in [0.25, 0.3) is 6.08 Å². The van der Waals surface area contributed by atoms with Gasteiger partial charge in [-0.15, -0.1) is 0 Å². The molecule has 142 valence electrons. The Morgan fingerprint density at radius 2 is 1.77 bits per heavy atom. The molecule has 1 rings (SSSR count). The highest BCUT2D eigenvalue weighted by Crippen LogP contribution is 2.08. The van der Waals surface area contributed by atoms with Gasteiger partial charge in [-0.05, 0) is 46.3 Å². The second-order valence-corrected chi connectivity index (χ2v) is 6.55. The third kappa shape index (κ3) is 7.83. The molecular weight excluding hydrogens is 336 g/mol. The number of benzene rings is 1. The highest BCUT2D eigenvalue weighted by Gasteiger charge is 2.23. The van der Waals surface area contributed by atoms with Gasteiger partial charge in [0.05, 0.1) is 6.61 Å². The predicted molar refractivity (Wildman–Crippen MR) is 98.0 cm³/mol. The SMILES string of the molecule is CCOC(=O)/C(=C/c1ccccc1)NC(=O)[C@H](C)NC(=O)OC(C)(C)C. The Balaban J connectivity index is 2.83. The summed E-state index contributed by atoms with van der Waals surface area (Å²) in [6.07, 6.45) is 0.792. The van der Waals surface area contributed by atoms with E-state index in [9.17, 15) is 14.4 Å². The molecule has 2 N–H and O–H groups in total. The number of hydrogen-bond acceptors (Lipinski definition) is 5. The van der Waals surface area contributed by atoms with E-state index in [4.69, 9.17) is 9.47 Å². The quantitative estimate of drug-likeness (QED) is 0.599. The Labute approximate surface area is 153 Å². The molecule has 7 nitrogen and oxygen atoms in total. The molecule has 1 aromatic carbocycles. The number of esters is 1. The van der Waals surface area contributed by atoms with Crippen LogP contribution in [0.15, 0.2) is 36.0 Å². The molecule has 0 aromatic heterocycles. The highest BCUT2D eigenvalue weighted by atomic mass is 16.6. The number of ether oxygens (including phenoxy) is 2. The first-order chi connectivity index (χ1) is 12.1. The average Bonchev–Trinajstić information content (AvgIpc) is 2.53. The van der Waals surface area contributed by atoms with Crippen LogP contribution in [-0.2, 0) is 19.1 Å². The lowest BCUT2D eigenvalue weighted by atomic mass is 10.2. The first-order valence-corrected chi connectivity index (χ1v) is 8.36. The average molecular weight is 362 g/mol. The molecule has 0 saturated carbocycles. The van der Waals surface area contributed by atoms with Gasteiger partial charge in [0.1, 0.15) is 17.3 Å². The summed E-state index contributed by atoms with van der Waals surface area (Å²) in [4.78, 5) is 36.2. The molecule has 0 fully saturated rings. The van der Waals surface area contributed by atoms with Crippen LogP contribution in [0.1, 0.15) is 40.2 Å². The molecule has 1 atom stereocenters. The summed E-state index contributed by atoms with van der Waals surface area (Å²) in [7, 11) is 0. The first kappa shape index (κ1) is 21.2. The smallest absolute Gasteiger partial charge is 0.408 e. The Morgan fingerprint density at radius 1 is 1.15 bits per heavy atom. The third-order valence-corrected chi connectivity index (χ3v) is 2.99. The summed E-state index contributed by atoms with van der Waals surface area (Å²) < 4.78 is 10.1. The topological polar surface area (TPSA) is 93.7 Å². The standard InChI is InChI=1S/C19H26N2O5/c1-6-25-17(23)15(12-14-10-8-7-9-11-14)21-16(22)13(2)20-18(24)26-19(3,4)5/h7-13H,6H2,1-5H3,(H,20,24)(H,21,22)/b15-12-/t13-/m0/s1. The van der Waals surface area contributed by atoms with E-state index in [2.05, 4.69) is 10.6 Å². The Hall–Kier alpha value is -2.83. The van der Waals surface area contributed by atoms with E-state index in [1.165, 1.54) is 13.0 Å². The zero-order valence-corrected chi connectivity index (χ0v) is 15.8. The maximum absolute atomic E-state index is 12.3. The van der Waals surface area contributed by atoms with E-state index < -0.39 is 29.6 Å². The normalized spacial score (nSPS) is 12.7. The largest absolute Gasteiger partial charge is 0.461 e. The van der Waals surface area contributed by atoms with E-state index >= 15 is 0 Å². The lowest BCUT2D eigenvalue weighted by molar-refractivity contribution is -0.140. The zero-order chi connectivity index (χ0) is 19.7. The minimum absolute atomic E-state index is 0.0131. The second kappa shape index (κ2) is 9.60. The molecule has 0 bridgehead atoms. The van der Waals surface area contributed by atoms with Crippen LogP contribution < -0.4 is 10.6 Å². The van der Waals surface area contributed by atoms with Crippen LogP contribution in [0.4, 0.5) is 4.79 Å². The van der Waals surface area contributed by atoms with E-state index in [1.54, 1.807) is 39.8 Å². The molecule has 0 saturated heterocycles. The van der Waals surface area contributed by atoms with E-state index in [0.29, 0.717) is 0 Å². The van der Waals surface area contributed by atoms with Gasteiger partial charge < -0.3 is 20.1 Å². The molecule has 0 aliphatic carbocycles. The van der Waals surface area contributed by atoms with Crippen molar-refractivity contribution in [3.63, 3.8) is 0 Å². The molecule has 0 spiro atoms. The summed E-state index contributed by atoms with van der Waals surface area (Å²) >= 11 is 0. The maximum Gasteiger partial charge on any atom is 0.408 e. The maximum atomic E-state index is 12.3. The highest BCUT2D eigenvalue weighted by molar-refractivity contribution is 5.99. The van der Waals surface area contributed by atoms with Crippen molar-refractivity contribution in [1.29, 1.82) is 0 Å². The number of amides is 2. The number of carbonyl (C=O) groups excluding carboxylic acids is 3. The first-order valence-electron chi connectivity index (χ1n) is 8.36. The monoisotopic (exact) mass is 362 g/mol. The molecule has 0 aliphatic rings. The molecule has 0 heterocycles. The molecule has 0 radical (unpaired) electrons. The fourth-order valence-corrected chi connectivity index (χ4v) is 1.86. The molecule has 0 aliphatic heterocycles. The van der Waals surface area contributed by atoms with E-state index in [1.807, 2.05) is 18.2 Å². The molecule has 2 amide bonds. The Bertz CT molecular complexity index is 662. The lowest BCUT2D eigenvalue weighted by Crippen LogP contribution is -2.47. The van der Waals surface area contributed by atoms with Crippen molar-refractivity contribution in [3.05, 3.63) is 41.6 Å². The summed E-state index contributed by atoms with van der Waals surface area (Å²) in [6, 6.07) is 8.12. The fourth-order valence-electron chi connectivity index (χ4n) is 1.86. The van der Waals surface area contributed by atoms with Crippen LogP contribution in [0.5, 0.6) is 0 Å². The number of hydrogen-bond donors (Lipinski definition) is 2. The number of rotatable bonds is 6. The van der Waals surface area contributed by atoms with Crippen LogP contribution >= 0.6 is 0 Å². The summed E-state index contributed by atoms with van der Waals surface area (Å²) in [5.74, 6) is -1.22. The van der Waals surface area contributed by atoms with Crippen molar-refractivity contribution < 1.29 is 23.9 Å². The van der Waals surface area contributed by atoms with Crippen molar-refractivity contribution in [2.24, 2.45) is 0 Å². The second-order valence-electron chi connectivity index (χ2n) is 6.55. The van der Waals surface area contributed by atoms with Crippen molar-refractivity contribution in [2.75, 3.05) is 6.61 Å². The minimum Gasteiger partial charge on any atom is -0.461 e. The summed E-state index contributed by atoms with van der Waals surface area (Å²) in [5, 5.41) is 4.92. The van der Waals surface area contributed by atoms with Crippen molar-refractivity contribution >= 4 is 24.0 Å². The Morgan fingerprint density at radius 3 is 2.31 bits per heavy atom. The van der Waals surface area contributed by atoms with Crippen LogP contribution in [0.2, 0.25) is 0 Å². The number of alkyl carbamates (subject to hydrolysis) is 1. The minimum atomic E-state index is -0.904. The van der Waals surface area contributed by atoms with E-state index in [0.717, 1.165) is 5.56 Å². The van der Waals surface area contributed by atoms with Gasteiger partial charge in [-0.2, -0.15) is 0 Å². The molecular formula is C19H26N2O5. The van der Waals surface area contributed by atoms with Crippen molar-refractivity contribution in [3.8, 4) is 0 Å². The van der Waals surface area contributed by atoms with Crippen LogP contribution in [0, 0.1) is 0 Å². The van der Waals surface area contributed by atoms with Gasteiger partial charge in [-0.3, -0.25) is 4.79 Å². The molecule has 7 heteroatoms. The summed E-state index contributed by atoms with van der Waals surface area (Å²) in [5.41, 5.74) is 0.0355. The van der Waals surface area contributed by atoms with Gasteiger partial charge in [0.25, 0.3) is 0 Å². The number of nitrogens with one attached hydrogen (secondary N) is 2. The van der Waals surface area contributed by atoms with Gasteiger partial charge in [0, 0.05) is 0 Å². The molecule has 26 heavy (non-hydrogen) atoms. The van der Waals surface area contributed by atoms with Gasteiger partial charge in [0.2, 0.25) is 5.91 Å². The van der Waals surface area contributed by atoms with Crippen molar-refractivity contribution in [1.82, 2.24) is 10.6 Å². The zero-order valence-electron chi connectivity index (χ0n) is 15.8. The van der Waals surface area contributed by atoms with Crippen molar-refractivity contribution in [2.45, 2.75) is 46.3 Å². The molecule has 0 unspecified atom stereocenters. The van der Waals surface area contributed by atoms with Gasteiger partial charge in [-0.1, -0.05) is 30.3 Å². The fraction of sp³-hybridized carbons (Fsp3) is 0.421.